The predicted molar refractivity (Wildman–Crippen MR) is 81.9 cm³/mol. The Morgan fingerprint density at radius 2 is 1.74 bits per heavy atom. The Labute approximate surface area is 119 Å². The normalized spacial score (nSPS) is 12.4. The van der Waals surface area contributed by atoms with Crippen LogP contribution in [0, 0.1) is 0 Å². The highest BCUT2D eigenvalue weighted by Crippen LogP contribution is 2.24. The molecule has 2 N–H and O–H groups in total. The van der Waals surface area contributed by atoms with Gasteiger partial charge in [-0.15, -0.1) is 11.3 Å². The standard InChI is InChI=1S/C16H21NOS/c1-3-14-9-10-15(19-14)11-16(17)12-5-7-13(8-6-12)18-4-2/h5-10,16H,3-4,11,17H2,1-2H3. The van der Waals surface area contributed by atoms with Crippen molar-refractivity contribution >= 4 is 11.3 Å². The maximum atomic E-state index is 6.27. The number of thiophene rings is 1. The lowest BCUT2D eigenvalue weighted by Gasteiger charge is -2.11. The molecule has 102 valence electrons. The molecule has 0 saturated heterocycles. The highest BCUT2D eigenvalue weighted by Gasteiger charge is 2.09. The van der Waals surface area contributed by atoms with E-state index >= 15 is 0 Å². The molecule has 2 nitrogen and oxygen atoms in total. The summed E-state index contributed by atoms with van der Waals surface area (Å²) in [7, 11) is 0. The molecule has 3 heteroatoms. The third kappa shape index (κ3) is 3.82. The SMILES string of the molecule is CCOc1ccc(C(N)Cc2ccc(CC)s2)cc1. The van der Waals surface area contributed by atoms with E-state index in [1.54, 1.807) is 0 Å². The van der Waals surface area contributed by atoms with E-state index < -0.39 is 0 Å². The van der Waals surface area contributed by atoms with Crippen LogP contribution in [0.25, 0.3) is 0 Å². The minimum atomic E-state index is 0.0547. The molecule has 0 fully saturated rings. The van der Waals surface area contributed by atoms with Crippen LogP contribution in [0.15, 0.2) is 36.4 Å². The van der Waals surface area contributed by atoms with E-state index in [1.165, 1.54) is 9.75 Å². The minimum Gasteiger partial charge on any atom is -0.494 e. The summed E-state index contributed by atoms with van der Waals surface area (Å²) in [5.41, 5.74) is 7.43. The Kier molecular flexibility index (Phi) is 5.00. The highest BCUT2D eigenvalue weighted by molar-refractivity contribution is 7.11. The Morgan fingerprint density at radius 1 is 1.05 bits per heavy atom. The smallest absolute Gasteiger partial charge is 0.119 e. The summed E-state index contributed by atoms with van der Waals surface area (Å²) >= 11 is 1.86. The van der Waals surface area contributed by atoms with Gasteiger partial charge in [0.15, 0.2) is 0 Å². The summed E-state index contributed by atoms with van der Waals surface area (Å²) in [6.45, 7) is 4.87. The number of nitrogens with two attached hydrogens (primary N) is 1. The first-order valence-electron chi connectivity index (χ1n) is 6.78. The van der Waals surface area contributed by atoms with Crippen molar-refractivity contribution in [1.29, 1.82) is 0 Å². The highest BCUT2D eigenvalue weighted by atomic mass is 32.1. The first-order valence-corrected chi connectivity index (χ1v) is 7.60. The Hall–Kier alpha value is -1.32. The van der Waals surface area contributed by atoms with Gasteiger partial charge in [0.1, 0.15) is 5.75 Å². The second kappa shape index (κ2) is 6.73. The zero-order valence-corrected chi connectivity index (χ0v) is 12.4. The van der Waals surface area contributed by atoms with Gasteiger partial charge in [0.25, 0.3) is 0 Å². The molecular formula is C16H21NOS. The topological polar surface area (TPSA) is 35.2 Å². The molecule has 0 aliphatic heterocycles. The van der Waals surface area contributed by atoms with Gasteiger partial charge in [-0.3, -0.25) is 0 Å². The van der Waals surface area contributed by atoms with E-state index in [4.69, 9.17) is 10.5 Å². The number of aryl methyl sites for hydroxylation is 1. The fourth-order valence-corrected chi connectivity index (χ4v) is 3.05. The molecule has 0 radical (unpaired) electrons. The van der Waals surface area contributed by atoms with Gasteiger partial charge in [-0.1, -0.05) is 19.1 Å². The van der Waals surface area contributed by atoms with Gasteiger partial charge in [0.2, 0.25) is 0 Å². The number of rotatable bonds is 6. The van der Waals surface area contributed by atoms with Gasteiger partial charge in [-0.25, -0.2) is 0 Å². The van der Waals surface area contributed by atoms with E-state index in [-0.39, 0.29) is 6.04 Å². The fourth-order valence-electron chi connectivity index (χ4n) is 2.03. The lowest BCUT2D eigenvalue weighted by atomic mass is 10.0. The van der Waals surface area contributed by atoms with Crippen LogP contribution in [0.5, 0.6) is 5.75 Å². The number of ether oxygens (including phenoxy) is 1. The predicted octanol–water partition coefficient (Wildman–Crippen LogP) is 3.95. The van der Waals surface area contributed by atoms with Crippen molar-refractivity contribution in [3.63, 3.8) is 0 Å². The maximum Gasteiger partial charge on any atom is 0.119 e. The van der Waals surface area contributed by atoms with E-state index in [0.717, 1.165) is 24.2 Å². The van der Waals surface area contributed by atoms with Crippen LogP contribution in [-0.2, 0) is 12.8 Å². The molecule has 0 spiro atoms. The molecule has 1 atom stereocenters. The molecule has 0 aliphatic rings. The van der Waals surface area contributed by atoms with Crippen LogP contribution in [0.3, 0.4) is 0 Å². The van der Waals surface area contributed by atoms with Crippen molar-refractivity contribution in [2.75, 3.05) is 6.61 Å². The second-order valence-corrected chi connectivity index (χ2v) is 5.79. The van der Waals surface area contributed by atoms with Gasteiger partial charge >= 0.3 is 0 Å². The van der Waals surface area contributed by atoms with Crippen molar-refractivity contribution in [3.8, 4) is 5.75 Å². The monoisotopic (exact) mass is 275 g/mol. The fraction of sp³-hybridized carbons (Fsp3) is 0.375. The van der Waals surface area contributed by atoms with E-state index in [1.807, 2.05) is 30.4 Å². The van der Waals surface area contributed by atoms with Crippen molar-refractivity contribution in [2.24, 2.45) is 5.73 Å². The molecule has 2 rings (SSSR count). The molecule has 1 aromatic heterocycles. The molecular weight excluding hydrogens is 254 g/mol. The Bertz CT molecular complexity index is 504. The minimum absolute atomic E-state index is 0.0547. The summed E-state index contributed by atoms with van der Waals surface area (Å²) < 4.78 is 5.44. The van der Waals surface area contributed by atoms with E-state index in [2.05, 4.69) is 31.2 Å². The molecule has 1 unspecified atom stereocenters. The number of hydrogen-bond donors (Lipinski definition) is 1. The summed E-state index contributed by atoms with van der Waals surface area (Å²) in [4.78, 5) is 2.78. The summed E-state index contributed by atoms with van der Waals surface area (Å²) in [6, 6.07) is 12.5. The summed E-state index contributed by atoms with van der Waals surface area (Å²) in [6.07, 6.45) is 2.00. The average molecular weight is 275 g/mol. The van der Waals surface area contributed by atoms with Crippen LogP contribution >= 0.6 is 11.3 Å². The maximum absolute atomic E-state index is 6.27. The zero-order valence-electron chi connectivity index (χ0n) is 11.6. The van der Waals surface area contributed by atoms with Gasteiger partial charge in [-0.2, -0.15) is 0 Å². The Morgan fingerprint density at radius 3 is 2.32 bits per heavy atom. The summed E-state index contributed by atoms with van der Waals surface area (Å²) in [5.74, 6) is 0.905. The number of benzene rings is 1. The molecule has 0 bridgehead atoms. The molecule has 0 amide bonds. The van der Waals surface area contributed by atoms with Crippen molar-refractivity contribution in [3.05, 3.63) is 51.7 Å². The van der Waals surface area contributed by atoms with E-state index in [9.17, 15) is 0 Å². The van der Waals surface area contributed by atoms with Crippen molar-refractivity contribution in [1.82, 2.24) is 0 Å². The van der Waals surface area contributed by atoms with Crippen LogP contribution < -0.4 is 10.5 Å². The van der Waals surface area contributed by atoms with Crippen LogP contribution in [0.4, 0.5) is 0 Å². The average Bonchev–Trinajstić information content (AvgIpc) is 2.87. The molecule has 0 aliphatic carbocycles. The first kappa shape index (κ1) is 14.1. The largest absolute Gasteiger partial charge is 0.494 e. The molecule has 1 aromatic carbocycles. The molecule has 1 heterocycles. The Balaban J connectivity index is 2.00. The van der Waals surface area contributed by atoms with Crippen molar-refractivity contribution in [2.45, 2.75) is 32.7 Å². The van der Waals surface area contributed by atoms with Crippen molar-refractivity contribution < 1.29 is 4.74 Å². The third-order valence-corrected chi connectivity index (χ3v) is 4.36. The summed E-state index contributed by atoms with van der Waals surface area (Å²) in [5, 5.41) is 0. The third-order valence-electron chi connectivity index (χ3n) is 3.11. The van der Waals surface area contributed by atoms with Crippen LogP contribution in [0.2, 0.25) is 0 Å². The lowest BCUT2D eigenvalue weighted by molar-refractivity contribution is 0.340. The molecule has 2 aromatic rings. The zero-order chi connectivity index (χ0) is 13.7. The first-order chi connectivity index (χ1) is 9.22. The quantitative estimate of drug-likeness (QED) is 0.866. The van der Waals surface area contributed by atoms with Gasteiger partial charge < -0.3 is 10.5 Å². The molecule has 0 saturated carbocycles. The van der Waals surface area contributed by atoms with Crippen LogP contribution in [-0.4, -0.2) is 6.61 Å². The van der Waals surface area contributed by atoms with Crippen LogP contribution in [0.1, 0.15) is 35.2 Å². The lowest BCUT2D eigenvalue weighted by Crippen LogP contribution is -2.12. The second-order valence-electron chi connectivity index (χ2n) is 4.53. The van der Waals surface area contributed by atoms with Gasteiger partial charge in [0, 0.05) is 22.2 Å². The number of hydrogen-bond acceptors (Lipinski definition) is 3. The van der Waals surface area contributed by atoms with Gasteiger partial charge in [0.05, 0.1) is 6.61 Å². The van der Waals surface area contributed by atoms with Gasteiger partial charge in [-0.05, 0) is 43.2 Å². The molecule has 19 heavy (non-hydrogen) atoms. The van der Waals surface area contributed by atoms with E-state index in [0.29, 0.717) is 6.61 Å².